The van der Waals surface area contributed by atoms with Crippen molar-refractivity contribution in [3.63, 3.8) is 0 Å². The molecule has 0 amide bonds. The quantitative estimate of drug-likeness (QED) is 0.132. The summed E-state index contributed by atoms with van der Waals surface area (Å²) in [5, 5.41) is 23.4. The molecule has 0 saturated carbocycles. The second-order valence-corrected chi connectivity index (χ2v) is 10.5. The summed E-state index contributed by atoms with van der Waals surface area (Å²) in [7, 11) is -4.77. The normalized spacial score (nSPS) is 11.7. The molecule has 6 rings (SSSR count). The summed E-state index contributed by atoms with van der Waals surface area (Å²) in [5.41, 5.74) is 3.68. The molecular formula is C32H22N5NaO3S. The van der Waals surface area contributed by atoms with E-state index >= 15 is 0 Å². The monoisotopic (exact) mass is 579 g/mol. The Kier molecular flexibility index (Phi) is 8.86. The maximum atomic E-state index is 12.2. The predicted molar refractivity (Wildman–Crippen MR) is 160 cm³/mol. The fourth-order valence-electron chi connectivity index (χ4n) is 4.59. The summed E-state index contributed by atoms with van der Waals surface area (Å²) in [6.07, 6.45) is 0. The van der Waals surface area contributed by atoms with Crippen LogP contribution in [0.15, 0.2) is 153 Å². The Hall–Kier alpha value is -4.25. The third-order valence-electron chi connectivity index (χ3n) is 6.47. The molecule has 0 aliphatic rings. The van der Waals surface area contributed by atoms with Gasteiger partial charge in [-0.1, -0.05) is 72.8 Å². The molecule has 0 aromatic heterocycles. The Labute approximate surface area is 264 Å². The van der Waals surface area contributed by atoms with E-state index in [1.165, 1.54) is 12.1 Å². The van der Waals surface area contributed by atoms with Crippen molar-refractivity contribution in [3.8, 4) is 0 Å². The van der Waals surface area contributed by atoms with Crippen molar-refractivity contribution in [2.75, 3.05) is 5.32 Å². The first-order chi connectivity index (χ1) is 20.0. The molecule has 1 N–H and O–H groups in total. The van der Waals surface area contributed by atoms with E-state index in [0.717, 1.165) is 22.1 Å². The number of para-hydroxylation sites is 1. The first-order valence-electron chi connectivity index (χ1n) is 12.7. The summed E-state index contributed by atoms with van der Waals surface area (Å²) in [6, 6.07) is 38.1. The van der Waals surface area contributed by atoms with Crippen LogP contribution in [0.4, 0.5) is 34.1 Å². The number of fused-ring (bicyclic) bond motifs is 2. The van der Waals surface area contributed by atoms with Crippen LogP contribution in [0.25, 0.3) is 21.5 Å². The minimum absolute atomic E-state index is 0. The van der Waals surface area contributed by atoms with Gasteiger partial charge < -0.3 is 9.87 Å². The molecule has 0 saturated heterocycles. The Morgan fingerprint density at radius 1 is 0.524 bits per heavy atom. The molecule has 0 radical (unpaired) electrons. The summed E-state index contributed by atoms with van der Waals surface area (Å²) < 4.78 is 36.6. The number of hydrogen-bond donors (Lipinski definition) is 1. The topological polar surface area (TPSA) is 119 Å². The molecule has 0 spiro atoms. The number of benzene rings is 6. The molecular weight excluding hydrogens is 557 g/mol. The van der Waals surface area contributed by atoms with Gasteiger partial charge >= 0.3 is 29.6 Å². The molecule has 0 fully saturated rings. The predicted octanol–water partition coefficient (Wildman–Crippen LogP) is 6.48. The Morgan fingerprint density at radius 2 is 1.02 bits per heavy atom. The van der Waals surface area contributed by atoms with Gasteiger partial charge in [-0.05, 0) is 54.6 Å². The Morgan fingerprint density at radius 3 is 1.64 bits per heavy atom. The van der Waals surface area contributed by atoms with Crippen LogP contribution >= 0.6 is 0 Å². The number of nitrogens with zero attached hydrogens (tertiary/aromatic N) is 4. The van der Waals surface area contributed by atoms with Crippen LogP contribution in [-0.2, 0) is 10.1 Å². The van der Waals surface area contributed by atoms with Crippen molar-refractivity contribution in [1.82, 2.24) is 0 Å². The van der Waals surface area contributed by atoms with Crippen LogP contribution < -0.4 is 34.9 Å². The molecule has 6 aromatic carbocycles. The van der Waals surface area contributed by atoms with Gasteiger partial charge in [0.05, 0.1) is 27.6 Å². The average Bonchev–Trinajstić information content (AvgIpc) is 3.00. The Bertz CT molecular complexity index is 2050. The van der Waals surface area contributed by atoms with E-state index in [9.17, 15) is 13.0 Å². The van der Waals surface area contributed by atoms with Crippen LogP contribution in [-0.4, -0.2) is 13.0 Å². The standard InChI is InChI=1S/C32H23N5O3S.Na/c38-41(39,40)31-17-9-16-26-29(20-21-30(32(26)31)33-22-10-3-1-4-11-22)37-36-28-19-18-27(24-14-7-8-15-25(24)28)35-34-23-12-5-2-6-13-23;/h1-21,33H,(H,38,39,40);/q;+1/p-1. The second kappa shape index (κ2) is 12.7. The van der Waals surface area contributed by atoms with Crippen molar-refractivity contribution in [3.05, 3.63) is 127 Å². The first kappa shape index (κ1) is 29.2. The van der Waals surface area contributed by atoms with E-state index in [1.54, 1.807) is 18.2 Å². The van der Waals surface area contributed by atoms with Gasteiger partial charge in [-0.2, -0.15) is 5.11 Å². The average molecular weight is 580 g/mol. The van der Waals surface area contributed by atoms with Crippen LogP contribution in [0.5, 0.6) is 0 Å². The molecule has 0 heterocycles. The fourth-order valence-corrected chi connectivity index (χ4v) is 5.31. The van der Waals surface area contributed by atoms with Gasteiger partial charge in [0.25, 0.3) is 0 Å². The van der Waals surface area contributed by atoms with Crippen molar-refractivity contribution in [1.29, 1.82) is 0 Å². The molecule has 42 heavy (non-hydrogen) atoms. The van der Waals surface area contributed by atoms with E-state index in [4.69, 9.17) is 0 Å². The number of anilines is 2. The van der Waals surface area contributed by atoms with Gasteiger partial charge in [-0.15, -0.1) is 15.3 Å². The second-order valence-electron chi connectivity index (χ2n) is 9.14. The van der Waals surface area contributed by atoms with E-state index in [0.29, 0.717) is 28.1 Å². The van der Waals surface area contributed by atoms with Gasteiger partial charge in [0, 0.05) is 32.9 Å². The summed E-state index contributed by atoms with van der Waals surface area (Å²) in [5.74, 6) is 0. The zero-order valence-corrected chi connectivity index (χ0v) is 25.4. The third-order valence-corrected chi connectivity index (χ3v) is 7.35. The van der Waals surface area contributed by atoms with E-state index in [2.05, 4.69) is 25.8 Å². The number of hydrogen-bond acceptors (Lipinski definition) is 8. The third kappa shape index (κ3) is 6.30. The molecule has 0 aliphatic carbocycles. The van der Waals surface area contributed by atoms with Crippen LogP contribution in [0.3, 0.4) is 0 Å². The SMILES string of the molecule is O=S(=O)([O-])c1cccc2c(N=Nc3ccc(N=Nc4ccccc4)c4ccccc34)ccc(Nc3ccccc3)c12.[Na+]. The molecule has 10 heteroatoms. The number of azo groups is 2. The van der Waals surface area contributed by atoms with Gasteiger partial charge in [-0.25, -0.2) is 8.42 Å². The van der Waals surface area contributed by atoms with Crippen molar-refractivity contribution >= 4 is 65.8 Å². The molecule has 0 bridgehead atoms. The van der Waals surface area contributed by atoms with Crippen LogP contribution in [0.1, 0.15) is 0 Å². The number of rotatable bonds is 7. The summed E-state index contributed by atoms with van der Waals surface area (Å²) in [4.78, 5) is -0.330. The smallest absolute Gasteiger partial charge is 0.744 e. The van der Waals surface area contributed by atoms with Crippen LogP contribution in [0.2, 0.25) is 0 Å². The summed E-state index contributed by atoms with van der Waals surface area (Å²) >= 11 is 0. The van der Waals surface area contributed by atoms with Crippen LogP contribution in [0, 0.1) is 0 Å². The van der Waals surface area contributed by atoms with E-state index in [1.807, 2.05) is 97.1 Å². The molecule has 200 valence electrons. The zero-order valence-electron chi connectivity index (χ0n) is 22.5. The molecule has 6 aromatic rings. The molecule has 8 nitrogen and oxygen atoms in total. The van der Waals surface area contributed by atoms with Crippen molar-refractivity contribution < 1.29 is 42.5 Å². The minimum atomic E-state index is -4.77. The number of nitrogens with one attached hydrogen (secondary N) is 1. The largest absolute Gasteiger partial charge is 1.00 e. The first-order valence-corrected chi connectivity index (χ1v) is 14.1. The van der Waals surface area contributed by atoms with Crippen molar-refractivity contribution in [2.24, 2.45) is 20.5 Å². The van der Waals surface area contributed by atoms with Gasteiger partial charge in [-0.3, -0.25) is 0 Å². The minimum Gasteiger partial charge on any atom is -0.744 e. The maximum absolute atomic E-state index is 12.2. The van der Waals surface area contributed by atoms with Gasteiger partial charge in [0.2, 0.25) is 0 Å². The van der Waals surface area contributed by atoms with Crippen molar-refractivity contribution in [2.45, 2.75) is 4.90 Å². The van der Waals surface area contributed by atoms with E-state index < -0.39 is 10.1 Å². The summed E-state index contributed by atoms with van der Waals surface area (Å²) in [6.45, 7) is 0. The van der Waals surface area contributed by atoms with Gasteiger partial charge in [0.15, 0.2) is 0 Å². The fraction of sp³-hybridized carbons (Fsp3) is 0. The molecule has 0 unspecified atom stereocenters. The Balaban J connectivity index is 0.00000353. The molecule has 0 atom stereocenters. The van der Waals surface area contributed by atoms with Gasteiger partial charge in [0.1, 0.15) is 10.1 Å². The zero-order chi connectivity index (χ0) is 28.2. The molecule has 0 aliphatic heterocycles. The van der Waals surface area contributed by atoms with E-state index in [-0.39, 0.29) is 39.8 Å². The maximum Gasteiger partial charge on any atom is 1.00 e.